The molecule has 6 heteroatoms. The van der Waals surface area contributed by atoms with Crippen LogP contribution in [0.25, 0.3) is 0 Å². The van der Waals surface area contributed by atoms with Crippen molar-refractivity contribution >= 4 is 11.9 Å². The van der Waals surface area contributed by atoms with Crippen molar-refractivity contribution in [3.63, 3.8) is 0 Å². The maximum absolute atomic E-state index is 12.8. The average molecular weight is 293 g/mol. The van der Waals surface area contributed by atoms with Gasteiger partial charge in [0, 0.05) is 12.6 Å². The number of amides is 1. The number of carbonyl (C=O) groups is 2. The fraction of sp³-hybridized carbons (Fsp3) is 0.467. The third-order valence-corrected chi connectivity index (χ3v) is 3.97. The van der Waals surface area contributed by atoms with E-state index in [-0.39, 0.29) is 11.9 Å². The summed E-state index contributed by atoms with van der Waals surface area (Å²) < 4.78 is 10.5. The molecule has 2 rings (SSSR count). The zero-order valence-electron chi connectivity index (χ0n) is 12.3. The number of benzene rings is 1. The zero-order chi connectivity index (χ0) is 15.6. The lowest BCUT2D eigenvalue weighted by Crippen LogP contribution is -2.38. The highest BCUT2D eigenvalue weighted by Crippen LogP contribution is 2.33. The highest BCUT2D eigenvalue weighted by Gasteiger charge is 2.39. The molecule has 0 radical (unpaired) electrons. The van der Waals surface area contributed by atoms with E-state index in [0.717, 1.165) is 0 Å². The predicted octanol–water partition coefficient (Wildman–Crippen LogP) is 1.64. The Morgan fingerprint density at radius 2 is 1.81 bits per heavy atom. The van der Waals surface area contributed by atoms with Gasteiger partial charge in [-0.3, -0.25) is 9.59 Å². The van der Waals surface area contributed by atoms with Crippen LogP contribution in [0.3, 0.4) is 0 Å². The number of aliphatic carboxylic acids is 1. The van der Waals surface area contributed by atoms with Gasteiger partial charge in [0.05, 0.1) is 20.1 Å². The van der Waals surface area contributed by atoms with Crippen LogP contribution in [0.15, 0.2) is 18.2 Å². The van der Waals surface area contributed by atoms with Gasteiger partial charge in [-0.1, -0.05) is 6.07 Å². The number of carboxylic acids is 1. The summed E-state index contributed by atoms with van der Waals surface area (Å²) in [4.78, 5) is 25.5. The van der Waals surface area contributed by atoms with Crippen molar-refractivity contribution in [1.82, 2.24) is 4.90 Å². The molecule has 0 aromatic heterocycles. The molecule has 1 saturated heterocycles. The second-order valence-corrected chi connectivity index (χ2v) is 5.01. The third kappa shape index (κ3) is 2.66. The van der Waals surface area contributed by atoms with E-state index < -0.39 is 11.9 Å². The van der Waals surface area contributed by atoms with Gasteiger partial charge >= 0.3 is 5.97 Å². The summed E-state index contributed by atoms with van der Waals surface area (Å²) in [6, 6.07) is 4.75. The summed E-state index contributed by atoms with van der Waals surface area (Å²) in [5, 5.41) is 9.17. The van der Waals surface area contributed by atoms with Gasteiger partial charge in [-0.2, -0.15) is 0 Å². The summed E-state index contributed by atoms with van der Waals surface area (Å²) in [6.07, 6.45) is 0.458. The molecular weight excluding hydrogens is 274 g/mol. The Hall–Kier alpha value is -2.24. The van der Waals surface area contributed by atoms with Crippen LogP contribution in [-0.4, -0.2) is 48.7 Å². The van der Waals surface area contributed by atoms with E-state index >= 15 is 0 Å². The van der Waals surface area contributed by atoms with Gasteiger partial charge in [-0.15, -0.1) is 0 Å². The molecule has 6 nitrogen and oxygen atoms in total. The van der Waals surface area contributed by atoms with Crippen LogP contribution in [0.4, 0.5) is 0 Å². The first kappa shape index (κ1) is 15.2. The predicted molar refractivity (Wildman–Crippen MR) is 75.8 cm³/mol. The van der Waals surface area contributed by atoms with Crippen LogP contribution < -0.4 is 9.47 Å². The summed E-state index contributed by atoms with van der Waals surface area (Å²) in [6.45, 7) is 2.17. The fourth-order valence-electron chi connectivity index (χ4n) is 2.76. The van der Waals surface area contributed by atoms with Gasteiger partial charge in [-0.05, 0) is 25.5 Å². The number of likely N-dealkylation sites (tertiary alicyclic amines) is 1. The Morgan fingerprint density at radius 1 is 1.24 bits per heavy atom. The second kappa shape index (κ2) is 6.03. The van der Waals surface area contributed by atoms with Crippen LogP contribution in [0, 0.1) is 5.92 Å². The monoisotopic (exact) mass is 293 g/mol. The number of carbonyl (C=O) groups excluding carboxylic acids is 1. The van der Waals surface area contributed by atoms with E-state index in [1.165, 1.54) is 14.2 Å². The van der Waals surface area contributed by atoms with Gasteiger partial charge in [0.1, 0.15) is 17.1 Å². The SMILES string of the molecule is COc1cccc(OC)c1C(=O)N1CCC(C(=O)O)C1C. The van der Waals surface area contributed by atoms with Crippen molar-refractivity contribution in [3.05, 3.63) is 23.8 Å². The van der Waals surface area contributed by atoms with E-state index in [9.17, 15) is 9.59 Å². The molecule has 0 saturated carbocycles. The first-order valence-corrected chi connectivity index (χ1v) is 6.76. The number of methoxy groups -OCH3 is 2. The van der Waals surface area contributed by atoms with Crippen LogP contribution in [0.1, 0.15) is 23.7 Å². The number of hydrogen-bond donors (Lipinski definition) is 1. The number of hydrogen-bond acceptors (Lipinski definition) is 4. The standard InChI is InChI=1S/C15H19NO5/c1-9-10(15(18)19)7-8-16(9)14(17)13-11(20-2)5-4-6-12(13)21-3/h4-6,9-10H,7-8H2,1-3H3,(H,18,19). The van der Waals surface area contributed by atoms with Crippen LogP contribution in [0.2, 0.25) is 0 Å². The molecule has 0 bridgehead atoms. The van der Waals surface area contributed by atoms with Crippen LogP contribution in [-0.2, 0) is 4.79 Å². The fourth-order valence-corrected chi connectivity index (χ4v) is 2.76. The largest absolute Gasteiger partial charge is 0.496 e. The van der Waals surface area contributed by atoms with E-state index in [1.54, 1.807) is 30.0 Å². The smallest absolute Gasteiger partial charge is 0.308 e. The number of rotatable bonds is 4. The zero-order valence-corrected chi connectivity index (χ0v) is 12.3. The minimum absolute atomic E-state index is 0.263. The van der Waals surface area contributed by atoms with E-state index in [0.29, 0.717) is 30.0 Å². The second-order valence-electron chi connectivity index (χ2n) is 5.01. The van der Waals surface area contributed by atoms with Gasteiger partial charge in [-0.25, -0.2) is 0 Å². The summed E-state index contributed by atoms with van der Waals surface area (Å²) in [7, 11) is 2.97. The van der Waals surface area contributed by atoms with Crippen molar-refractivity contribution in [1.29, 1.82) is 0 Å². The molecule has 21 heavy (non-hydrogen) atoms. The van der Waals surface area contributed by atoms with Crippen molar-refractivity contribution in [3.8, 4) is 11.5 Å². The molecule has 1 amide bonds. The lowest BCUT2D eigenvalue weighted by molar-refractivity contribution is -0.142. The van der Waals surface area contributed by atoms with Gasteiger partial charge in [0.2, 0.25) is 0 Å². The molecular formula is C15H19NO5. The first-order valence-electron chi connectivity index (χ1n) is 6.76. The molecule has 1 aliphatic rings. The molecule has 0 spiro atoms. The van der Waals surface area contributed by atoms with Crippen molar-refractivity contribution in [2.75, 3.05) is 20.8 Å². The lowest BCUT2D eigenvalue weighted by atomic mass is 10.0. The molecule has 114 valence electrons. The molecule has 1 aromatic rings. The van der Waals surface area contributed by atoms with Gasteiger partial charge in [0.15, 0.2) is 0 Å². The summed E-state index contributed by atoms with van der Waals surface area (Å²) >= 11 is 0. The number of nitrogens with zero attached hydrogens (tertiary/aromatic N) is 1. The Morgan fingerprint density at radius 3 is 2.24 bits per heavy atom. The van der Waals surface area contributed by atoms with E-state index in [2.05, 4.69) is 0 Å². The summed E-state index contributed by atoms with van der Waals surface area (Å²) in [5.41, 5.74) is 0.334. The molecule has 1 N–H and O–H groups in total. The lowest BCUT2D eigenvalue weighted by Gasteiger charge is -2.25. The first-order chi connectivity index (χ1) is 10.0. The average Bonchev–Trinajstić information content (AvgIpc) is 2.87. The Kier molecular flexibility index (Phi) is 4.35. The molecule has 1 heterocycles. The van der Waals surface area contributed by atoms with Crippen molar-refractivity contribution < 1.29 is 24.2 Å². The van der Waals surface area contributed by atoms with Crippen molar-refractivity contribution in [2.24, 2.45) is 5.92 Å². The number of ether oxygens (including phenoxy) is 2. The highest BCUT2D eigenvalue weighted by atomic mass is 16.5. The molecule has 2 atom stereocenters. The Bertz CT molecular complexity index is 535. The maximum atomic E-state index is 12.8. The normalized spacial score (nSPS) is 21.2. The molecule has 0 aliphatic carbocycles. The van der Waals surface area contributed by atoms with Crippen LogP contribution >= 0.6 is 0 Å². The van der Waals surface area contributed by atoms with Crippen molar-refractivity contribution in [2.45, 2.75) is 19.4 Å². The minimum Gasteiger partial charge on any atom is -0.496 e. The van der Waals surface area contributed by atoms with Gasteiger partial charge in [0.25, 0.3) is 5.91 Å². The number of carboxylic acid groups (broad SMARTS) is 1. The van der Waals surface area contributed by atoms with Crippen LogP contribution in [0.5, 0.6) is 11.5 Å². The van der Waals surface area contributed by atoms with E-state index in [4.69, 9.17) is 14.6 Å². The summed E-state index contributed by atoms with van der Waals surface area (Å²) in [5.74, 6) is -0.823. The molecule has 2 unspecified atom stereocenters. The maximum Gasteiger partial charge on any atom is 0.308 e. The molecule has 1 aromatic carbocycles. The Labute approximate surface area is 123 Å². The van der Waals surface area contributed by atoms with Gasteiger partial charge < -0.3 is 19.5 Å². The van der Waals surface area contributed by atoms with E-state index in [1.807, 2.05) is 0 Å². The molecule has 1 fully saturated rings. The minimum atomic E-state index is -0.871. The Balaban J connectivity index is 2.35. The highest BCUT2D eigenvalue weighted by molar-refractivity contribution is 6.00. The quantitative estimate of drug-likeness (QED) is 0.913. The molecule has 1 aliphatic heterocycles. The third-order valence-electron chi connectivity index (χ3n) is 3.97. The topological polar surface area (TPSA) is 76.1 Å².